The number of hydrogen-bond acceptors (Lipinski definition) is 3. The summed E-state index contributed by atoms with van der Waals surface area (Å²) in [6.07, 6.45) is 1.87. The Labute approximate surface area is 112 Å². The lowest BCUT2D eigenvalue weighted by atomic mass is 10.1. The van der Waals surface area contributed by atoms with E-state index in [0.717, 1.165) is 10.9 Å². The van der Waals surface area contributed by atoms with Crippen LogP contribution in [0.25, 0.3) is 10.9 Å². The van der Waals surface area contributed by atoms with Gasteiger partial charge in [-0.1, -0.05) is 0 Å². The molecule has 0 unspecified atom stereocenters. The van der Waals surface area contributed by atoms with Crippen molar-refractivity contribution in [3.63, 3.8) is 0 Å². The van der Waals surface area contributed by atoms with E-state index in [1.165, 1.54) is 0 Å². The van der Waals surface area contributed by atoms with Gasteiger partial charge in [0.05, 0.1) is 18.3 Å². The number of rotatable bonds is 5. The highest BCUT2D eigenvalue weighted by Gasteiger charge is 2.11. The summed E-state index contributed by atoms with van der Waals surface area (Å²) in [5, 5.41) is 3.66. The number of aromatic amines is 1. The molecule has 1 heterocycles. The van der Waals surface area contributed by atoms with E-state index in [4.69, 9.17) is 10.5 Å². The third-order valence-corrected chi connectivity index (χ3v) is 2.79. The van der Waals surface area contributed by atoms with Crippen LogP contribution in [-0.2, 0) is 4.74 Å². The van der Waals surface area contributed by atoms with Crippen LogP contribution in [-0.4, -0.2) is 30.1 Å². The van der Waals surface area contributed by atoms with Gasteiger partial charge >= 0.3 is 0 Å². The van der Waals surface area contributed by atoms with Crippen LogP contribution in [0.15, 0.2) is 24.4 Å². The van der Waals surface area contributed by atoms with Crippen molar-refractivity contribution in [1.29, 1.82) is 0 Å². The maximum Gasteiger partial charge on any atom is 0.253 e. The summed E-state index contributed by atoms with van der Waals surface area (Å²) in [4.78, 5) is 15.1. The fourth-order valence-electron chi connectivity index (χ4n) is 1.88. The van der Waals surface area contributed by atoms with E-state index in [2.05, 4.69) is 10.3 Å². The van der Waals surface area contributed by atoms with Crippen molar-refractivity contribution in [2.24, 2.45) is 0 Å². The molecule has 2 aromatic rings. The molecule has 0 saturated heterocycles. The Morgan fingerprint density at radius 3 is 3.00 bits per heavy atom. The van der Waals surface area contributed by atoms with Gasteiger partial charge in [-0.05, 0) is 32.0 Å². The Morgan fingerprint density at radius 1 is 1.47 bits per heavy atom. The van der Waals surface area contributed by atoms with Gasteiger partial charge < -0.3 is 20.8 Å². The minimum atomic E-state index is -0.121. The van der Waals surface area contributed by atoms with E-state index in [-0.39, 0.29) is 12.0 Å². The molecular weight excluding hydrogens is 242 g/mol. The molecule has 5 heteroatoms. The van der Waals surface area contributed by atoms with Crippen molar-refractivity contribution >= 4 is 22.5 Å². The molecule has 0 bridgehead atoms. The lowest BCUT2D eigenvalue weighted by Crippen LogP contribution is -2.27. The van der Waals surface area contributed by atoms with Gasteiger partial charge in [-0.15, -0.1) is 0 Å². The first-order valence-electron chi connectivity index (χ1n) is 6.34. The Balaban J connectivity index is 2.03. The zero-order valence-electron chi connectivity index (χ0n) is 11.2. The summed E-state index contributed by atoms with van der Waals surface area (Å²) in [6, 6.07) is 5.46. The number of benzene rings is 1. The molecule has 0 aliphatic carbocycles. The molecule has 0 aliphatic rings. The van der Waals surface area contributed by atoms with Crippen molar-refractivity contribution in [2.45, 2.75) is 20.0 Å². The number of nitrogens with two attached hydrogens (primary N) is 1. The fraction of sp³-hybridized carbons (Fsp3) is 0.357. The van der Waals surface area contributed by atoms with Crippen LogP contribution in [0.1, 0.15) is 24.2 Å². The number of carbonyl (C=O) groups is 1. The van der Waals surface area contributed by atoms with Gasteiger partial charge in [0, 0.05) is 29.3 Å². The highest BCUT2D eigenvalue weighted by atomic mass is 16.5. The van der Waals surface area contributed by atoms with E-state index in [9.17, 15) is 4.79 Å². The van der Waals surface area contributed by atoms with Crippen LogP contribution in [0, 0.1) is 0 Å². The Hall–Kier alpha value is -2.01. The minimum Gasteiger partial charge on any atom is -0.399 e. The zero-order valence-corrected chi connectivity index (χ0v) is 11.2. The quantitative estimate of drug-likeness (QED) is 0.568. The summed E-state index contributed by atoms with van der Waals surface area (Å²) in [5.74, 6) is -0.121. The maximum atomic E-state index is 12.0. The van der Waals surface area contributed by atoms with E-state index in [1.807, 2.05) is 19.9 Å². The van der Waals surface area contributed by atoms with Crippen molar-refractivity contribution in [3.05, 3.63) is 30.0 Å². The van der Waals surface area contributed by atoms with Gasteiger partial charge in [-0.3, -0.25) is 4.79 Å². The number of ether oxygens (including phenoxy) is 1. The molecule has 0 atom stereocenters. The van der Waals surface area contributed by atoms with Crippen molar-refractivity contribution in [1.82, 2.24) is 10.3 Å². The van der Waals surface area contributed by atoms with E-state index in [0.29, 0.717) is 24.4 Å². The molecule has 0 radical (unpaired) electrons. The van der Waals surface area contributed by atoms with Crippen LogP contribution in [0.4, 0.5) is 5.69 Å². The zero-order chi connectivity index (χ0) is 13.8. The van der Waals surface area contributed by atoms with Crippen molar-refractivity contribution in [3.8, 4) is 0 Å². The molecule has 19 heavy (non-hydrogen) atoms. The van der Waals surface area contributed by atoms with Crippen LogP contribution in [0.5, 0.6) is 0 Å². The fourth-order valence-corrected chi connectivity index (χ4v) is 1.88. The summed E-state index contributed by atoms with van der Waals surface area (Å²) < 4.78 is 5.37. The van der Waals surface area contributed by atoms with E-state index >= 15 is 0 Å². The number of fused-ring (bicyclic) bond motifs is 1. The molecule has 1 amide bonds. The normalized spacial score (nSPS) is 11.1. The third-order valence-electron chi connectivity index (χ3n) is 2.79. The third kappa shape index (κ3) is 3.26. The SMILES string of the molecule is CC(C)OCCNC(=O)c1c[nH]c2ccc(N)cc12. The maximum absolute atomic E-state index is 12.0. The molecule has 1 aromatic carbocycles. The molecular formula is C14H19N3O2. The molecule has 5 nitrogen and oxygen atoms in total. The summed E-state index contributed by atoms with van der Waals surface area (Å²) in [6.45, 7) is 4.93. The van der Waals surface area contributed by atoms with Gasteiger partial charge in [0.15, 0.2) is 0 Å². The van der Waals surface area contributed by atoms with Crippen LogP contribution >= 0.6 is 0 Å². The largest absolute Gasteiger partial charge is 0.399 e. The van der Waals surface area contributed by atoms with Gasteiger partial charge in [0.25, 0.3) is 5.91 Å². The number of aromatic nitrogens is 1. The number of carbonyl (C=O) groups excluding carboxylic acids is 1. The number of amides is 1. The molecule has 2 rings (SSSR count). The minimum absolute atomic E-state index is 0.121. The van der Waals surface area contributed by atoms with Crippen LogP contribution < -0.4 is 11.1 Å². The first-order valence-corrected chi connectivity index (χ1v) is 6.34. The number of hydrogen-bond donors (Lipinski definition) is 3. The summed E-state index contributed by atoms with van der Waals surface area (Å²) in [5.41, 5.74) is 7.89. The monoisotopic (exact) mass is 261 g/mol. The molecule has 1 aromatic heterocycles. The summed E-state index contributed by atoms with van der Waals surface area (Å²) in [7, 11) is 0. The highest BCUT2D eigenvalue weighted by molar-refractivity contribution is 6.07. The first kappa shape index (κ1) is 13.4. The molecule has 4 N–H and O–H groups in total. The van der Waals surface area contributed by atoms with E-state index in [1.54, 1.807) is 18.3 Å². The van der Waals surface area contributed by atoms with Gasteiger partial charge in [-0.25, -0.2) is 0 Å². The second kappa shape index (κ2) is 5.75. The topological polar surface area (TPSA) is 80.1 Å². The standard InChI is InChI=1S/C14H19N3O2/c1-9(2)19-6-5-16-14(18)12-8-17-13-4-3-10(15)7-11(12)13/h3-4,7-9,17H,5-6,15H2,1-2H3,(H,16,18). The molecule has 0 aliphatic heterocycles. The highest BCUT2D eigenvalue weighted by Crippen LogP contribution is 2.20. The molecule has 0 saturated carbocycles. The number of nitrogen functional groups attached to an aromatic ring is 1. The molecule has 0 fully saturated rings. The molecule has 102 valence electrons. The van der Waals surface area contributed by atoms with Crippen LogP contribution in [0.2, 0.25) is 0 Å². The average Bonchev–Trinajstić information content (AvgIpc) is 2.77. The predicted molar refractivity (Wildman–Crippen MR) is 76.1 cm³/mol. The van der Waals surface area contributed by atoms with Gasteiger partial charge in [0.1, 0.15) is 0 Å². The van der Waals surface area contributed by atoms with Crippen molar-refractivity contribution in [2.75, 3.05) is 18.9 Å². The van der Waals surface area contributed by atoms with Gasteiger partial charge in [-0.2, -0.15) is 0 Å². The van der Waals surface area contributed by atoms with E-state index < -0.39 is 0 Å². The first-order chi connectivity index (χ1) is 9.08. The Bertz CT molecular complexity index is 575. The Kier molecular flexibility index (Phi) is 4.06. The van der Waals surface area contributed by atoms with Crippen LogP contribution in [0.3, 0.4) is 0 Å². The molecule has 0 spiro atoms. The van der Waals surface area contributed by atoms with Gasteiger partial charge in [0.2, 0.25) is 0 Å². The van der Waals surface area contributed by atoms with Crippen molar-refractivity contribution < 1.29 is 9.53 Å². The number of nitrogens with one attached hydrogen (secondary N) is 2. The lowest BCUT2D eigenvalue weighted by molar-refractivity contribution is 0.0747. The lowest BCUT2D eigenvalue weighted by Gasteiger charge is -2.08. The predicted octanol–water partition coefficient (Wildman–Crippen LogP) is 1.90. The average molecular weight is 261 g/mol. The second-order valence-electron chi connectivity index (χ2n) is 4.68. The number of anilines is 1. The Morgan fingerprint density at radius 2 is 2.26 bits per heavy atom. The number of H-pyrrole nitrogens is 1. The smallest absolute Gasteiger partial charge is 0.253 e. The summed E-state index contributed by atoms with van der Waals surface area (Å²) >= 11 is 0. The second-order valence-corrected chi connectivity index (χ2v) is 4.68.